The van der Waals surface area contributed by atoms with Gasteiger partial charge in [0.25, 0.3) is 5.91 Å². The summed E-state index contributed by atoms with van der Waals surface area (Å²) in [4.78, 5) is 22.5. The molecule has 0 aliphatic carbocycles. The molecule has 4 N–H and O–H groups in total. The fourth-order valence-corrected chi connectivity index (χ4v) is 2.02. The number of nitrogens with one attached hydrogen (secondary N) is 1. The average molecular weight is 296 g/mol. The van der Waals surface area contributed by atoms with Crippen molar-refractivity contribution in [1.82, 2.24) is 5.32 Å². The van der Waals surface area contributed by atoms with Gasteiger partial charge in [-0.3, -0.25) is 9.59 Å². The van der Waals surface area contributed by atoms with E-state index in [-0.39, 0.29) is 18.0 Å². The first-order valence-corrected chi connectivity index (χ1v) is 6.92. The average Bonchev–Trinajstić information content (AvgIpc) is 2.43. The lowest BCUT2D eigenvalue weighted by Crippen LogP contribution is -2.42. The van der Waals surface area contributed by atoms with Gasteiger partial charge in [0, 0.05) is 12.1 Å². The SMILES string of the molecule is CCCC(C)c1cc(F)cc(C(=O)NC[C@@H](N)C(=O)O)c1. The van der Waals surface area contributed by atoms with E-state index in [0.717, 1.165) is 24.5 Å². The molecule has 0 saturated carbocycles. The van der Waals surface area contributed by atoms with Crippen molar-refractivity contribution in [2.45, 2.75) is 38.6 Å². The summed E-state index contributed by atoms with van der Waals surface area (Å²) in [7, 11) is 0. The lowest BCUT2D eigenvalue weighted by molar-refractivity contribution is -0.138. The van der Waals surface area contributed by atoms with Crippen LogP contribution in [0.1, 0.15) is 48.5 Å². The standard InChI is InChI=1S/C15H21FN2O3/c1-3-4-9(2)10-5-11(7-12(16)6-10)14(19)18-8-13(17)15(20)21/h5-7,9,13H,3-4,8,17H2,1-2H3,(H,18,19)(H,20,21)/t9?,13-/m1/s1. The van der Waals surface area contributed by atoms with Gasteiger partial charge in [-0.1, -0.05) is 20.3 Å². The Bertz CT molecular complexity index is 520. The van der Waals surface area contributed by atoms with Crippen molar-refractivity contribution >= 4 is 11.9 Å². The number of benzene rings is 1. The van der Waals surface area contributed by atoms with Crippen molar-refractivity contribution in [2.75, 3.05) is 6.54 Å². The van der Waals surface area contributed by atoms with Crippen LogP contribution in [0, 0.1) is 5.82 Å². The molecular formula is C15H21FN2O3. The van der Waals surface area contributed by atoms with Crippen molar-refractivity contribution < 1.29 is 19.1 Å². The van der Waals surface area contributed by atoms with Crippen molar-refractivity contribution in [1.29, 1.82) is 0 Å². The second-order valence-corrected chi connectivity index (χ2v) is 5.12. The van der Waals surface area contributed by atoms with Gasteiger partial charge < -0.3 is 16.2 Å². The van der Waals surface area contributed by atoms with Crippen LogP contribution >= 0.6 is 0 Å². The summed E-state index contributed by atoms with van der Waals surface area (Å²) in [6.45, 7) is 3.81. The largest absolute Gasteiger partial charge is 0.480 e. The number of carbonyl (C=O) groups excluding carboxylic acids is 1. The number of amides is 1. The highest BCUT2D eigenvalue weighted by Gasteiger charge is 2.15. The summed E-state index contributed by atoms with van der Waals surface area (Å²) in [5.74, 6) is -2.07. The van der Waals surface area contributed by atoms with Crippen LogP contribution in [0.5, 0.6) is 0 Å². The minimum atomic E-state index is -1.20. The molecule has 2 atom stereocenters. The third kappa shape index (κ3) is 5.15. The molecule has 0 spiro atoms. The molecular weight excluding hydrogens is 275 g/mol. The Balaban J connectivity index is 2.82. The van der Waals surface area contributed by atoms with Crippen LogP contribution in [0.3, 0.4) is 0 Å². The van der Waals surface area contributed by atoms with Gasteiger partial charge in [0.15, 0.2) is 0 Å². The van der Waals surface area contributed by atoms with E-state index in [0.29, 0.717) is 0 Å². The quantitative estimate of drug-likeness (QED) is 0.716. The van der Waals surface area contributed by atoms with Gasteiger partial charge in [-0.2, -0.15) is 0 Å². The fourth-order valence-electron chi connectivity index (χ4n) is 2.02. The minimum absolute atomic E-state index is 0.151. The molecule has 1 aromatic carbocycles. The Morgan fingerprint density at radius 1 is 1.38 bits per heavy atom. The van der Waals surface area contributed by atoms with Crippen LogP contribution in [-0.4, -0.2) is 29.6 Å². The summed E-state index contributed by atoms with van der Waals surface area (Å²) in [5.41, 5.74) is 6.23. The van der Waals surface area contributed by atoms with Crippen molar-refractivity contribution in [3.63, 3.8) is 0 Å². The molecule has 0 heterocycles. The van der Waals surface area contributed by atoms with Crippen molar-refractivity contribution in [2.24, 2.45) is 5.73 Å². The molecule has 1 aromatic rings. The summed E-state index contributed by atoms with van der Waals surface area (Å²) in [5, 5.41) is 11.0. The van der Waals surface area contributed by atoms with Crippen LogP contribution in [0.25, 0.3) is 0 Å². The molecule has 5 nitrogen and oxygen atoms in total. The molecule has 0 bridgehead atoms. The number of carboxylic acid groups (broad SMARTS) is 1. The first-order chi connectivity index (χ1) is 9.85. The molecule has 0 aromatic heterocycles. The number of halogens is 1. The highest BCUT2D eigenvalue weighted by atomic mass is 19.1. The zero-order chi connectivity index (χ0) is 16.0. The molecule has 1 rings (SSSR count). The smallest absolute Gasteiger partial charge is 0.322 e. The van der Waals surface area contributed by atoms with Crippen molar-refractivity contribution in [3.05, 3.63) is 35.1 Å². The first kappa shape index (κ1) is 17.1. The molecule has 0 fully saturated rings. The number of carbonyl (C=O) groups is 2. The zero-order valence-electron chi connectivity index (χ0n) is 12.2. The molecule has 0 aliphatic heterocycles. The van der Waals surface area contributed by atoms with Gasteiger partial charge in [0.05, 0.1) is 0 Å². The van der Waals surface area contributed by atoms with E-state index >= 15 is 0 Å². The van der Waals surface area contributed by atoms with E-state index in [2.05, 4.69) is 5.32 Å². The van der Waals surface area contributed by atoms with E-state index in [1.807, 2.05) is 13.8 Å². The Kier molecular flexibility index (Phi) is 6.30. The van der Waals surface area contributed by atoms with Gasteiger partial charge in [-0.05, 0) is 36.1 Å². The molecule has 21 heavy (non-hydrogen) atoms. The van der Waals surface area contributed by atoms with E-state index in [4.69, 9.17) is 10.8 Å². The third-order valence-corrected chi connectivity index (χ3v) is 3.27. The summed E-state index contributed by atoms with van der Waals surface area (Å²) >= 11 is 0. The number of rotatable bonds is 7. The lowest BCUT2D eigenvalue weighted by atomic mass is 9.94. The van der Waals surface area contributed by atoms with Gasteiger partial charge in [0.2, 0.25) is 0 Å². The second-order valence-electron chi connectivity index (χ2n) is 5.12. The van der Waals surface area contributed by atoms with Gasteiger partial charge >= 0.3 is 5.97 Å². The third-order valence-electron chi connectivity index (χ3n) is 3.27. The van der Waals surface area contributed by atoms with Crippen LogP contribution in [0.2, 0.25) is 0 Å². The fraction of sp³-hybridized carbons (Fsp3) is 0.467. The maximum absolute atomic E-state index is 13.6. The van der Waals surface area contributed by atoms with Gasteiger partial charge in [-0.25, -0.2) is 4.39 Å². The van der Waals surface area contributed by atoms with E-state index < -0.39 is 23.7 Å². The predicted octanol–water partition coefficient (Wildman–Crippen LogP) is 1.87. The van der Waals surface area contributed by atoms with Crippen LogP contribution in [-0.2, 0) is 4.79 Å². The number of carboxylic acids is 1. The van der Waals surface area contributed by atoms with E-state index in [9.17, 15) is 14.0 Å². The molecule has 0 radical (unpaired) electrons. The lowest BCUT2D eigenvalue weighted by Gasteiger charge is -2.13. The number of nitrogens with two attached hydrogens (primary N) is 1. The normalized spacial score (nSPS) is 13.5. The molecule has 1 amide bonds. The number of aliphatic carboxylic acids is 1. The monoisotopic (exact) mass is 296 g/mol. The van der Waals surface area contributed by atoms with Gasteiger partial charge in [-0.15, -0.1) is 0 Å². The highest BCUT2D eigenvalue weighted by Crippen LogP contribution is 2.22. The van der Waals surface area contributed by atoms with Gasteiger partial charge in [0.1, 0.15) is 11.9 Å². The Morgan fingerprint density at radius 3 is 2.62 bits per heavy atom. The maximum atomic E-state index is 13.6. The molecule has 116 valence electrons. The molecule has 1 unspecified atom stereocenters. The minimum Gasteiger partial charge on any atom is -0.480 e. The molecule has 0 aliphatic rings. The second kappa shape index (κ2) is 7.73. The Labute approximate surface area is 123 Å². The predicted molar refractivity (Wildman–Crippen MR) is 77.7 cm³/mol. The first-order valence-electron chi connectivity index (χ1n) is 6.92. The molecule has 0 saturated heterocycles. The summed E-state index contributed by atoms with van der Waals surface area (Å²) in [6.07, 6.45) is 1.86. The van der Waals surface area contributed by atoms with Crippen molar-refractivity contribution in [3.8, 4) is 0 Å². The number of hydrogen-bond donors (Lipinski definition) is 3. The zero-order valence-corrected chi connectivity index (χ0v) is 12.2. The number of hydrogen-bond acceptors (Lipinski definition) is 3. The maximum Gasteiger partial charge on any atom is 0.322 e. The topological polar surface area (TPSA) is 92.4 Å². The highest BCUT2D eigenvalue weighted by molar-refractivity contribution is 5.94. The van der Waals surface area contributed by atoms with Crippen LogP contribution in [0.4, 0.5) is 4.39 Å². The van der Waals surface area contributed by atoms with E-state index in [1.165, 1.54) is 6.07 Å². The van der Waals surface area contributed by atoms with Crippen LogP contribution in [0.15, 0.2) is 18.2 Å². The summed E-state index contributed by atoms with van der Waals surface area (Å²) in [6, 6.07) is 3.00. The summed E-state index contributed by atoms with van der Waals surface area (Å²) < 4.78 is 13.6. The Hall–Kier alpha value is -1.95. The van der Waals surface area contributed by atoms with E-state index in [1.54, 1.807) is 6.07 Å². The van der Waals surface area contributed by atoms with Crippen LogP contribution < -0.4 is 11.1 Å². The Morgan fingerprint density at radius 2 is 2.05 bits per heavy atom. The molecule has 6 heteroatoms.